The molecule has 0 bridgehead atoms. The Balaban J connectivity index is 1.82. The summed E-state index contributed by atoms with van der Waals surface area (Å²) in [5, 5.41) is 3.03. The minimum Gasteiger partial charge on any atom is -0.491 e. The molecule has 0 amide bonds. The van der Waals surface area contributed by atoms with Crippen molar-refractivity contribution in [3.63, 3.8) is 0 Å². The van der Waals surface area contributed by atoms with Crippen LogP contribution in [0.1, 0.15) is 5.56 Å². The van der Waals surface area contributed by atoms with Crippen LogP contribution in [0.15, 0.2) is 42.5 Å². The Labute approximate surface area is 111 Å². The molecular weight excluding hydrogens is 248 g/mol. The third-order valence-corrected chi connectivity index (χ3v) is 2.66. The van der Waals surface area contributed by atoms with Crippen LogP contribution in [0.4, 0.5) is 14.5 Å². The molecule has 0 aromatic heterocycles. The van der Waals surface area contributed by atoms with Crippen molar-refractivity contribution in [3.8, 4) is 5.75 Å². The first-order chi connectivity index (χ1) is 9.15. The van der Waals surface area contributed by atoms with Gasteiger partial charge in [-0.15, -0.1) is 0 Å². The maximum absolute atomic E-state index is 13.0. The minimum absolute atomic E-state index is 0.285. The van der Waals surface area contributed by atoms with Gasteiger partial charge in [-0.05, 0) is 36.8 Å². The lowest BCUT2D eigenvalue weighted by Crippen LogP contribution is -2.12. The zero-order valence-electron chi connectivity index (χ0n) is 10.6. The molecule has 4 heteroatoms. The lowest BCUT2D eigenvalue weighted by atomic mass is 10.2. The largest absolute Gasteiger partial charge is 0.491 e. The molecule has 0 aliphatic rings. The van der Waals surface area contributed by atoms with E-state index in [1.165, 1.54) is 24.3 Å². The standard InChI is InChI=1S/C15H15F2NO/c1-11-5-6-13(17)10-15(11)19-8-7-18-14-4-2-3-12(16)9-14/h2-6,9-10,18H,7-8H2,1H3. The normalized spacial score (nSPS) is 10.3. The van der Waals surface area contributed by atoms with Crippen LogP contribution in [0.5, 0.6) is 5.75 Å². The molecule has 0 atom stereocenters. The first-order valence-electron chi connectivity index (χ1n) is 6.03. The van der Waals surface area contributed by atoms with Crippen molar-refractivity contribution in [1.82, 2.24) is 0 Å². The number of halogens is 2. The fourth-order valence-corrected chi connectivity index (χ4v) is 1.68. The fourth-order valence-electron chi connectivity index (χ4n) is 1.68. The van der Waals surface area contributed by atoms with Crippen molar-refractivity contribution in [2.24, 2.45) is 0 Å². The highest BCUT2D eigenvalue weighted by molar-refractivity contribution is 5.43. The molecule has 0 heterocycles. The second kappa shape index (κ2) is 6.18. The molecule has 0 radical (unpaired) electrons. The van der Waals surface area contributed by atoms with Gasteiger partial charge in [0.1, 0.15) is 24.0 Å². The summed E-state index contributed by atoms with van der Waals surface area (Å²) in [7, 11) is 0. The van der Waals surface area contributed by atoms with Gasteiger partial charge in [-0.1, -0.05) is 12.1 Å². The average molecular weight is 263 g/mol. The van der Waals surface area contributed by atoms with Gasteiger partial charge in [0, 0.05) is 18.3 Å². The van der Waals surface area contributed by atoms with E-state index in [9.17, 15) is 8.78 Å². The van der Waals surface area contributed by atoms with Gasteiger partial charge in [-0.2, -0.15) is 0 Å². The van der Waals surface area contributed by atoms with Gasteiger partial charge < -0.3 is 10.1 Å². The average Bonchev–Trinajstić information content (AvgIpc) is 2.39. The predicted octanol–water partition coefficient (Wildman–Crippen LogP) is 3.76. The van der Waals surface area contributed by atoms with Crippen LogP contribution in [0.2, 0.25) is 0 Å². The number of aryl methyl sites for hydroxylation is 1. The van der Waals surface area contributed by atoms with Crippen molar-refractivity contribution in [2.45, 2.75) is 6.92 Å². The third kappa shape index (κ3) is 3.95. The van der Waals surface area contributed by atoms with Crippen LogP contribution < -0.4 is 10.1 Å². The third-order valence-electron chi connectivity index (χ3n) is 2.66. The zero-order chi connectivity index (χ0) is 13.7. The molecule has 0 saturated heterocycles. The second-order valence-corrected chi connectivity index (χ2v) is 4.20. The topological polar surface area (TPSA) is 21.3 Å². The highest BCUT2D eigenvalue weighted by atomic mass is 19.1. The molecule has 0 unspecified atom stereocenters. The number of anilines is 1. The van der Waals surface area contributed by atoms with E-state index in [1.54, 1.807) is 18.2 Å². The molecule has 19 heavy (non-hydrogen) atoms. The maximum atomic E-state index is 13.0. The van der Waals surface area contributed by atoms with E-state index >= 15 is 0 Å². The van der Waals surface area contributed by atoms with E-state index in [1.807, 2.05) is 6.92 Å². The Morgan fingerprint density at radius 2 is 1.84 bits per heavy atom. The first kappa shape index (κ1) is 13.3. The summed E-state index contributed by atoms with van der Waals surface area (Å²) >= 11 is 0. The summed E-state index contributed by atoms with van der Waals surface area (Å²) < 4.78 is 31.4. The Bertz CT molecular complexity index is 558. The van der Waals surface area contributed by atoms with E-state index in [0.717, 1.165) is 5.56 Å². The molecule has 2 aromatic rings. The molecule has 0 aliphatic heterocycles. The van der Waals surface area contributed by atoms with Gasteiger partial charge in [-0.3, -0.25) is 0 Å². The summed E-state index contributed by atoms with van der Waals surface area (Å²) in [5.74, 6) is -0.0772. The number of benzene rings is 2. The van der Waals surface area contributed by atoms with Gasteiger partial charge in [0.2, 0.25) is 0 Å². The van der Waals surface area contributed by atoms with Crippen molar-refractivity contribution in [1.29, 1.82) is 0 Å². The summed E-state index contributed by atoms with van der Waals surface area (Å²) in [6.45, 7) is 2.75. The highest BCUT2D eigenvalue weighted by Crippen LogP contribution is 2.18. The van der Waals surface area contributed by atoms with Crippen molar-refractivity contribution < 1.29 is 13.5 Å². The molecular formula is C15H15F2NO. The Morgan fingerprint density at radius 3 is 2.63 bits per heavy atom. The molecule has 2 aromatic carbocycles. The van der Waals surface area contributed by atoms with Crippen LogP contribution >= 0.6 is 0 Å². The van der Waals surface area contributed by atoms with E-state index in [0.29, 0.717) is 24.6 Å². The number of ether oxygens (including phenoxy) is 1. The van der Waals surface area contributed by atoms with E-state index in [-0.39, 0.29) is 11.6 Å². The van der Waals surface area contributed by atoms with Crippen molar-refractivity contribution >= 4 is 5.69 Å². The molecule has 2 rings (SSSR count). The predicted molar refractivity (Wildman–Crippen MR) is 71.5 cm³/mol. The van der Waals surface area contributed by atoms with Crippen molar-refractivity contribution in [2.75, 3.05) is 18.5 Å². The van der Waals surface area contributed by atoms with Crippen LogP contribution in [-0.2, 0) is 0 Å². The van der Waals surface area contributed by atoms with Crippen LogP contribution in [-0.4, -0.2) is 13.2 Å². The Kier molecular flexibility index (Phi) is 4.34. The number of rotatable bonds is 5. The number of hydrogen-bond acceptors (Lipinski definition) is 2. The SMILES string of the molecule is Cc1ccc(F)cc1OCCNc1cccc(F)c1. The minimum atomic E-state index is -0.321. The van der Waals surface area contributed by atoms with Crippen LogP contribution in [0.25, 0.3) is 0 Å². The molecule has 0 fully saturated rings. The Hall–Kier alpha value is -2.10. The van der Waals surface area contributed by atoms with Gasteiger partial charge >= 0.3 is 0 Å². The molecule has 0 aliphatic carbocycles. The lowest BCUT2D eigenvalue weighted by molar-refractivity contribution is 0.328. The van der Waals surface area contributed by atoms with Crippen LogP contribution in [0, 0.1) is 18.6 Å². The van der Waals surface area contributed by atoms with Gasteiger partial charge in [0.25, 0.3) is 0 Å². The first-order valence-corrected chi connectivity index (χ1v) is 6.03. The lowest BCUT2D eigenvalue weighted by Gasteiger charge is -2.10. The van der Waals surface area contributed by atoms with E-state index in [4.69, 9.17) is 4.74 Å². The van der Waals surface area contributed by atoms with Gasteiger partial charge in [0.15, 0.2) is 0 Å². The molecule has 2 nitrogen and oxygen atoms in total. The number of hydrogen-bond donors (Lipinski definition) is 1. The molecule has 100 valence electrons. The molecule has 0 spiro atoms. The van der Waals surface area contributed by atoms with Gasteiger partial charge in [-0.25, -0.2) is 8.78 Å². The quantitative estimate of drug-likeness (QED) is 0.829. The summed E-state index contributed by atoms with van der Waals surface area (Å²) in [6.07, 6.45) is 0. The Morgan fingerprint density at radius 1 is 1.05 bits per heavy atom. The van der Waals surface area contributed by atoms with E-state index in [2.05, 4.69) is 5.32 Å². The molecule has 0 saturated carbocycles. The second-order valence-electron chi connectivity index (χ2n) is 4.20. The smallest absolute Gasteiger partial charge is 0.126 e. The van der Waals surface area contributed by atoms with Gasteiger partial charge in [0.05, 0.1) is 0 Å². The summed E-state index contributed by atoms with van der Waals surface area (Å²) in [5.41, 5.74) is 1.58. The summed E-state index contributed by atoms with van der Waals surface area (Å²) in [4.78, 5) is 0. The summed E-state index contributed by atoms with van der Waals surface area (Å²) in [6, 6.07) is 10.6. The van der Waals surface area contributed by atoms with E-state index < -0.39 is 0 Å². The van der Waals surface area contributed by atoms with Crippen LogP contribution in [0.3, 0.4) is 0 Å². The maximum Gasteiger partial charge on any atom is 0.126 e. The monoisotopic (exact) mass is 263 g/mol. The highest BCUT2D eigenvalue weighted by Gasteiger charge is 2.01. The fraction of sp³-hybridized carbons (Fsp3) is 0.200. The van der Waals surface area contributed by atoms with Crippen molar-refractivity contribution in [3.05, 3.63) is 59.7 Å². The molecule has 1 N–H and O–H groups in total. The number of nitrogens with one attached hydrogen (secondary N) is 1. The zero-order valence-corrected chi connectivity index (χ0v) is 10.6.